The van der Waals surface area contributed by atoms with Crippen LogP contribution in [-0.2, 0) is 12.5 Å². The summed E-state index contributed by atoms with van der Waals surface area (Å²) in [5, 5.41) is 0. The lowest BCUT2D eigenvalue weighted by molar-refractivity contribution is 0.477. The van der Waals surface area contributed by atoms with Crippen molar-refractivity contribution in [2.45, 2.75) is 39.0 Å². The molecule has 5 nitrogen and oxygen atoms in total. The Balaban J connectivity index is 1.93. The molecule has 1 aliphatic carbocycles. The number of aromatic nitrogens is 2. The first kappa shape index (κ1) is 17.2. The van der Waals surface area contributed by atoms with Gasteiger partial charge in [0.1, 0.15) is 5.52 Å². The van der Waals surface area contributed by atoms with E-state index in [0.717, 1.165) is 52.4 Å². The zero-order valence-corrected chi connectivity index (χ0v) is 16.4. The summed E-state index contributed by atoms with van der Waals surface area (Å²) in [6, 6.07) is 6.04. The van der Waals surface area contributed by atoms with Crippen LogP contribution in [0.3, 0.4) is 0 Å². The Hall–Kier alpha value is -2.21. The first-order valence-electron chi connectivity index (χ1n) is 8.92. The van der Waals surface area contributed by atoms with Gasteiger partial charge in [-0.1, -0.05) is 25.8 Å². The molecule has 1 aromatic carbocycles. The van der Waals surface area contributed by atoms with E-state index in [1.54, 1.807) is 23.6 Å². The second-order valence-corrected chi connectivity index (χ2v) is 8.38. The SMILES string of the molecule is CCSNc1cc(-c2cc(C)c(=O)n(C)c2)c2oc(C3(C)CC3)nc2c1. The highest BCUT2D eigenvalue weighted by atomic mass is 32.2. The predicted octanol–water partition coefficient (Wildman–Crippen LogP) is 4.63. The van der Waals surface area contributed by atoms with Gasteiger partial charge in [-0.2, -0.15) is 0 Å². The summed E-state index contributed by atoms with van der Waals surface area (Å²) in [5.74, 6) is 1.78. The standard InChI is InChI=1S/C20H23N3O2S/c1-5-26-22-14-9-15(13-8-12(2)18(24)23(4)11-13)17-16(10-14)21-19(25-17)20(3)6-7-20/h8-11,22H,5-7H2,1-4H3. The van der Waals surface area contributed by atoms with E-state index in [2.05, 4.69) is 24.6 Å². The molecule has 0 amide bonds. The van der Waals surface area contributed by atoms with Crippen LogP contribution >= 0.6 is 11.9 Å². The lowest BCUT2D eigenvalue weighted by atomic mass is 10.0. The van der Waals surface area contributed by atoms with Gasteiger partial charge >= 0.3 is 0 Å². The van der Waals surface area contributed by atoms with Gasteiger partial charge in [0.2, 0.25) is 5.89 Å². The van der Waals surface area contributed by atoms with E-state index in [1.807, 2.05) is 25.3 Å². The van der Waals surface area contributed by atoms with E-state index in [0.29, 0.717) is 5.56 Å². The van der Waals surface area contributed by atoms with Gasteiger partial charge in [-0.25, -0.2) is 4.98 Å². The summed E-state index contributed by atoms with van der Waals surface area (Å²) >= 11 is 1.64. The zero-order chi connectivity index (χ0) is 18.5. The van der Waals surface area contributed by atoms with Gasteiger partial charge in [0.05, 0.1) is 0 Å². The van der Waals surface area contributed by atoms with Crippen LogP contribution in [0, 0.1) is 6.92 Å². The van der Waals surface area contributed by atoms with E-state index in [9.17, 15) is 4.79 Å². The molecule has 3 aromatic rings. The number of nitrogens with one attached hydrogen (secondary N) is 1. The number of nitrogens with zero attached hydrogens (tertiary/aromatic N) is 2. The van der Waals surface area contributed by atoms with Gasteiger partial charge in [0.25, 0.3) is 5.56 Å². The van der Waals surface area contributed by atoms with Crippen molar-refractivity contribution < 1.29 is 4.42 Å². The second kappa shape index (κ2) is 6.20. The van der Waals surface area contributed by atoms with E-state index >= 15 is 0 Å². The first-order chi connectivity index (χ1) is 12.4. The average molecular weight is 369 g/mol. The Morgan fingerprint density at radius 3 is 2.77 bits per heavy atom. The minimum Gasteiger partial charge on any atom is -0.439 e. The highest BCUT2D eigenvalue weighted by molar-refractivity contribution is 8.00. The number of hydrogen-bond donors (Lipinski definition) is 1. The summed E-state index contributed by atoms with van der Waals surface area (Å²) in [4.78, 5) is 16.9. The van der Waals surface area contributed by atoms with Crippen LogP contribution in [0.4, 0.5) is 5.69 Å². The third-order valence-electron chi connectivity index (χ3n) is 5.01. The molecule has 2 heterocycles. The Labute approximate surface area is 156 Å². The molecule has 1 fully saturated rings. The number of hydrogen-bond acceptors (Lipinski definition) is 5. The molecule has 6 heteroatoms. The van der Waals surface area contributed by atoms with Crippen LogP contribution < -0.4 is 10.3 Å². The van der Waals surface area contributed by atoms with Gasteiger partial charge < -0.3 is 13.7 Å². The molecular formula is C20H23N3O2S. The van der Waals surface area contributed by atoms with Gasteiger partial charge in [0, 0.05) is 46.8 Å². The minimum absolute atomic E-state index is 0.0181. The molecule has 0 spiro atoms. The monoisotopic (exact) mass is 369 g/mol. The van der Waals surface area contributed by atoms with Crippen molar-refractivity contribution in [3.05, 3.63) is 46.2 Å². The smallest absolute Gasteiger partial charge is 0.253 e. The van der Waals surface area contributed by atoms with Crippen LogP contribution in [0.5, 0.6) is 0 Å². The molecule has 0 radical (unpaired) electrons. The van der Waals surface area contributed by atoms with Crippen molar-refractivity contribution >= 4 is 28.7 Å². The van der Waals surface area contributed by atoms with E-state index in [4.69, 9.17) is 9.40 Å². The molecule has 1 aliphatic rings. The predicted molar refractivity (Wildman–Crippen MR) is 108 cm³/mol. The number of rotatable bonds is 5. The summed E-state index contributed by atoms with van der Waals surface area (Å²) in [6.45, 7) is 6.14. The molecular weight excluding hydrogens is 346 g/mol. The molecule has 1 N–H and O–H groups in total. The van der Waals surface area contributed by atoms with Crippen molar-refractivity contribution in [2.75, 3.05) is 10.5 Å². The number of anilines is 1. The topological polar surface area (TPSA) is 60.1 Å². The van der Waals surface area contributed by atoms with E-state index < -0.39 is 0 Å². The molecule has 136 valence electrons. The Morgan fingerprint density at radius 1 is 1.35 bits per heavy atom. The maximum absolute atomic E-state index is 12.1. The Kier molecular flexibility index (Phi) is 4.10. The highest BCUT2D eigenvalue weighted by Gasteiger charge is 2.44. The largest absolute Gasteiger partial charge is 0.439 e. The maximum atomic E-state index is 12.1. The molecule has 1 saturated carbocycles. The fourth-order valence-electron chi connectivity index (χ4n) is 3.15. The van der Waals surface area contributed by atoms with Crippen LogP contribution in [0.15, 0.2) is 33.6 Å². The molecule has 26 heavy (non-hydrogen) atoms. The molecule has 2 aromatic heterocycles. The first-order valence-corrected chi connectivity index (χ1v) is 9.90. The van der Waals surface area contributed by atoms with Gasteiger partial charge in [-0.15, -0.1) is 0 Å². The van der Waals surface area contributed by atoms with Crippen molar-refractivity contribution in [1.29, 1.82) is 0 Å². The average Bonchev–Trinajstić information content (AvgIpc) is 3.21. The molecule has 0 aliphatic heterocycles. The lowest BCUT2D eigenvalue weighted by Gasteiger charge is -2.10. The molecule has 0 saturated heterocycles. The third kappa shape index (κ3) is 2.92. The van der Waals surface area contributed by atoms with Crippen LogP contribution in [0.2, 0.25) is 0 Å². The summed E-state index contributed by atoms with van der Waals surface area (Å²) in [7, 11) is 1.78. The van der Waals surface area contributed by atoms with E-state index in [-0.39, 0.29) is 11.0 Å². The highest BCUT2D eigenvalue weighted by Crippen LogP contribution is 2.48. The zero-order valence-electron chi connectivity index (χ0n) is 15.5. The summed E-state index contributed by atoms with van der Waals surface area (Å²) in [5.41, 5.74) is 5.37. The van der Waals surface area contributed by atoms with Crippen molar-refractivity contribution in [2.24, 2.45) is 7.05 Å². The van der Waals surface area contributed by atoms with Crippen molar-refractivity contribution in [3.8, 4) is 11.1 Å². The number of aryl methyl sites for hydroxylation is 2. The van der Waals surface area contributed by atoms with Crippen LogP contribution in [-0.4, -0.2) is 15.3 Å². The Bertz CT molecular complexity index is 1020. The quantitative estimate of drug-likeness (QED) is 0.664. The molecule has 0 unspecified atom stereocenters. The summed E-state index contributed by atoms with van der Waals surface area (Å²) < 4.78 is 11.2. The number of benzene rings is 1. The number of oxazole rings is 1. The van der Waals surface area contributed by atoms with Crippen LogP contribution in [0.1, 0.15) is 38.1 Å². The Morgan fingerprint density at radius 2 is 2.12 bits per heavy atom. The summed E-state index contributed by atoms with van der Waals surface area (Å²) in [6.07, 6.45) is 4.09. The number of fused-ring (bicyclic) bond motifs is 1. The molecule has 0 bridgehead atoms. The normalized spacial score (nSPS) is 15.4. The van der Waals surface area contributed by atoms with Crippen molar-refractivity contribution in [3.63, 3.8) is 0 Å². The third-order valence-corrected chi connectivity index (χ3v) is 5.68. The second-order valence-electron chi connectivity index (χ2n) is 7.31. The number of pyridine rings is 1. The maximum Gasteiger partial charge on any atom is 0.253 e. The fourth-order valence-corrected chi connectivity index (χ4v) is 3.57. The van der Waals surface area contributed by atoms with Gasteiger partial charge in [0.15, 0.2) is 5.58 Å². The molecule has 4 rings (SSSR count). The lowest BCUT2D eigenvalue weighted by Crippen LogP contribution is -2.18. The van der Waals surface area contributed by atoms with Gasteiger partial charge in [-0.05, 0) is 38.0 Å². The fraction of sp³-hybridized carbons (Fsp3) is 0.400. The van der Waals surface area contributed by atoms with E-state index in [1.165, 1.54) is 0 Å². The van der Waals surface area contributed by atoms with Gasteiger partial charge in [-0.3, -0.25) is 4.79 Å². The minimum atomic E-state index is 0.0181. The van der Waals surface area contributed by atoms with Crippen molar-refractivity contribution in [1.82, 2.24) is 9.55 Å². The van der Waals surface area contributed by atoms with Crippen LogP contribution in [0.25, 0.3) is 22.2 Å². The molecule has 0 atom stereocenters.